The van der Waals surface area contributed by atoms with Crippen LogP contribution in [0, 0.1) is 0 Å². The Hall–Kier alpha value is -1.01. The van der Waals surface area contributed by atoms with Crippen LogP contribution in [0.4, 0.5) is 0 Å². The number of rotatable bonds is 4. The lowest BCUT2D eigenvalue weighted by Gasteiger charge is -2.28. The van der Waals surface area contributed by atoms with E-state index in [1.807, 2.05) is 0 Å². The van der Waals surface area contributed by atoms with Crippen molar-refractivity contribution < 1.29 is 23.8 Å². The summed E-state index contributed by atoms with van der Waals surface area (Å²) in [5.41, 5.74) is 0. The van der Waals surface area contributed by atoms with Gasteiger partial charge in [-0.15, -0.1) is 0 Å². The van der Waals surface area contributed by atoms with Gasteiger partial charge in [0.25, 0.3) is 0 Å². The molecule has 1 aliphatic rings. The quantitative estimate of drug-likeness (QED) is 0.572. The minimum absolute atomic E-state index is 0.553. The molecular weight excluding hydrogens is 256 g/mol. The van der Waals surface area contributed by atoms with Crippen molar-refractivity contribution in [1.29, 1.82) is 0 Å². The SMILES string of the molecule is C=CC(=O)OC(C)C(=O)OC1(C)CSCCCO1. The Morgan fingerprint density at radius 1 is 1.56 bits per heavy atom. The first-order chi connectivity index (χ1) is 8.47. The minimum Gasteiger partial charge on any atom is -0.447 e. The van der Waals surface area contributed by atoms with Crippen molar-refractivity contribution in [1.82, 2.24) is 0 Å². The number of carbonyl (C=O) groups is 2. The number of ether oxygens (including phenoxy) is 3. The number of hydrogen-bond acceptors (Lipinski definition) is 6. The van der Waals surface area contributed by atoms with E-state index < -0.39 is 23.8 Å². The molecule has 0 amide bonds. The Morgan fingerprint density at radius 2 is 2.28 bits per heavy atom. The molecule has 102 valence electrons. The van der Waals surface area contributed by atoms with Crippen LogP contribution < -0.4 is 0 Å². The van der Waals surface area contributed by atoms with Gasteiger partial charge in [-0.3, -0.25) is 0 Å². The molecule has 1 heterocycles. The maximum absolute atomic E-state index is 11.8. The van der Waals surface area contributed by atoms with Gasteiger partial charge in [-0.2, -0.15) is 11.8 Å². The Kier molecular flexibility index (Phi) is 5.68. The number of carbonyl (C=O) groups excluding carboxylic acids is 2. The summed E-state index contributed by atoms with van der Waals surface area (Å²) in [6.07, 6.45) is 0.964. The molecule has 1 aliphatic heterocycles. The summed E-state index contributed by atoms with van der Waals surface area (Å²) in [6.45, 7) is 6.98. The number of esters is 2. The van der Waals surface area contributed by atoms with Crippen LogP contribution in [-0.4, -0.2) is 41.9 Å². The molecule has 0 aromatic rings. The molecule has 0 saturated carbocycles. The van der Waals surface area contributed by atoms with E-state index >= 15 is 0 Å². The summed E-state index contributed by atoms with van der Waals surface area (Å²) in [6, 6.07) is 0. The van der Waals surface area contributed by atoms with Crippen LogP contribution in [0.1, 0.15) is 20.3 Å². The molecule has 0 bridgehead atoms. The third-order valence-corrected chi connectivity index (χ3v) is 3.62. The van der Waals surface area contributed by atoms with Crippen LogP contribution in [0.2, 0.25) is 0 Å². The second-order valence-corrected chi connectivity index (χ2v) is 5.20. The standard InChI is InChI=1S/C12H18O5S/c1-4-10(13)16-9(2)11(14)17-12(3)8-18-7-5-6-15-12/h4,9H,1,5-8H2,2-3H3. The van der Waals surface area contributed by atoms with Gasteiger partial charge in [-0.05, 0) is 19.1 Å². The van der Waals surface area contributed by atoms with Gasteiger partial charge in [0.05, 0.1) is 12.4 Å². The summed E-state index contributed by atoms with van der Waals surface area (Å²) >= 11 is 1.67. The summed E-state index contributed by atoms with van der Waals surface area (Å²) in [5, 5.41) is 0. The lowest BCUT2D eigenvalue weighted by Crippen LogP contribution is -2.40. The van der Waals surface area contributed by atoms with Crippen LogP contribution in [0.3, 0.4) is 0 Å². The highest BCUT2D eigenvalue weighted by molar-refractivity contribution is 7.99. The largest absolute Gasteiger partial charge is 0.447 e. The first-order valence-corrected chi connectivity index (χ1v) is 6.90. The van der Waals surface area contributed by atoms with Gasteiger partial charge in [-0.25, -0.2) is 9.59 Å². The first-order valence-electron chi connectivity index (χ1n) is 5.74. The Bertz CT molecular complexity index is 320. The van der Waals surface area contributed by atoms with E-state index in [1.54, 1.807) is 18.7 Å². The fourth-order valence-electron chi connectivity index (χ4n) is 1.37. The van der Waals surface area contributed by atoms with Gasteiger partial charge in [0, 0.05) is 13.0 Å². The molecule has 0 spiro atoms. The highest BCUT2D eigenvalue weighted by Crippen LogP contribution is 2.24. The fraction of sp³-hybridized carbons (Fsp3) is 0.667. The van der Waals surface area contributed by atoms with Gasteiger partial charge in [0.1, 0.15) is 0 Å². The Morgan fingerprint density at radius 3 is 2.94 bits per heavy atom. The van der Waals surface area contributed by atoms with Crippen molar-refractivity contribution in [2.75, 3.05) is 18.1 Å². The third kappa shape index (κ3) is 4.70. The van der Waals surface area contributed by atoms with E-state index in [-0.39, 0.29) is 0 Å². The minimum atomic E-state index is -0.968. The molecule has 0 aromatic heterocycles. The summed E-state index contributed by atoms with van der Waals surface area (Å²) in [7, 11) is 0. The van der Waals surface area contributed by atoms with E-state index in [4.69, 9.17) is 14.2 Å². The molecule has 18 heavy (non-hydrogen) atoms. The van der Waals surface area contributed by atoms with Crippen molar-refractivity contribution in [3.63, 3.8) is 0 Å². The van der Waals surface area contributed by atoms with E-state index in [1.165, 1.54) is 6.92 Å². The van der Waals surface area contributed by atoms with Crippen LogP contribution >= 0.6 is 11.8 Å². The van der Waals surface area contributed by atoms with E-state index in [0.717, 1.165) is 18.2 Å². The van der Waals surface area contributed by atoms with Gasteiger partial charge in [0.15, 0.2) is 6.10 Å². The highest BCUT2D eigenvalue weighted by Gasteiger charge is 2.33. The molecule has 0 radical (unpaired) electrons. The number of hydrogen-bond donors (Lipinski definition) is 0. The molecule has 1 fully saturated rings. The Balaban J connectivity index is 2.51. The molecule has 1 saturated heterocycles. The molecule has 6 heteroatoms. The second-order valence-electron chi connectivity index (χ2n) is 4.09. The average Bonchev–Trinajstić information content (AvgIpc) is 2.53. The van der Waals surface area contributed by atoms with E-state index in [9.17, 15) is 9.59 Å². The lowest BCUT2D eigenvalue weighted by atomic mass is 10.3. The van der Waals surface area contributed by atoms with Crippen LogP contribution in [0.15, 0.2) is 12.7 Å². The van der Waals surface area contributed by atoms with E-state index in [0.29, 0.717) is 12.4 Å². The predicted molar refractivity (Wildman–Crippen MR) is 68.1 cm³/mol. The van der Waals surface area contributed by atoms with Crippen molar-refractivity contribution in [3.8, 4) is 0 Å². The molecule has 2 atom stereocenters. The van der Waals surface area contributed by atoms with Gasteiger partial charge >= 0.3 is 11.9 Å². The van der Waals surface area contributed by atoms with Crippen LogP contribution in [-0.2, 0) is 23.8 Å². The average molecular weight is 274 g/mol. The fourth-order valence-corrected chi connectivity index (χ4v) is 2.35. The molecule has 0 aliphatic carbocycles. The normalized spacial score (nSPS) is 25.7. The van der Waals surface area contributed by atoms with Gasteiger partial charge in [-0.1, -0.05) is 6.58 Å². The summed E-state index contributed by atoms with van der Waals surface area (Å²) in [4.78, 5) is 22.7. The zero-order valence-corrected chi connectivity index (χ0v) is 11.5. The molecular formula is C12H18O5S. The molecule has 1 rings (SSSR count). The van der Waals surface area contributed by atoms with E-state index in [2.05, 4.69) is 6.58 Å². The summed E-state index contributed by atoms with van der Waals surface area (Å²) in [5.74, 6) is -0.668. The van der Waals surface area contributed by atoms with Gasteiger partial charge < -0.3 is 14.2 Å². The predicted octanol–water partition coefficient (Wildman–Crippen LogP) is 1.52. The van der Waals surface area contributed by atoms with Crippen molar-refractivity contribution in [2.24, 2.45) is 0 Å². The van der Waals surface area contributed by atoms with Crippen molar-refractivity contribution >= 4 is 23.7 Å². The highest BCUT2D eigenvalue weighted by atomic mass is 32.2. The molecule has 5 nitrogen and oxygen atoms in total. The zero-order valence-electron chi connectivity index (χ0n) is 10.6. The molecule has 0 aromatic carbocycles. The maximum atomic E-state index is 11.8. The smallest absolute Gasteiger partial charge is 0.349 e. The lowest BCUT2D eigenvalue weighted by molar-refractivity contribution is -0.220. The van der Waals surface area contributed by atoms with Crippen LogP contribution in [0.25, 0.3) is 0 Å². The molecule has 2 unspecified atom stereocenters. The summed E-state index contributed by atoms with van der Waals surface area (Å²) < 4.78 is 15.6. The maximum Gasteiger partial charge on any atom is 0.349 e. The van der Waals surface area contributed by atoms with Gasteiger partial charge in [0.2, 0.25) is 5.79 Å². The number of thioether (sulfide) groups is 1. The zero-order chi connectivity index (χ0) is 13.6. The van der Waals surface area contributed by atoms with Crippen LogP contribution in [0.5, 0.6) is 0 Å². The molecule has 0 N–H and O–H groups in total. The first kappa shape index (κ1) is 15.0. The monoisotopic (exact) mass is 274 g/mol. The second kappa shape index (κ2) is 6.80. The van der Waals surface area contributed by atoms with Crippen molar-refractivity contribution in [2.45, 2.75) is 32.2 Å². The topological polar surface area (TPSA) is 61.8 Å². The Labute approximate surface area is 111 Å². The van der Waals surface area contributed by atoms with Crippen molar-refractivity contribution in [3.05, 3.63) is 12.7 Å². The third-order valence-electron chi connectivity index (χ3n) is 2.31.